The molecular weight excluding hydrogens is 612 g/mol. The van der Waals surface area contributed by atoms with Gasteiger partial charge in [0.1, 0.15) is 5.60 Å². The molecule has 272 valence electrons. The molecule has 3 N–H and O–H groups in total. The van der Waals surface area contributed by atoms with Crippen LogP contribution in [-0.2, 0) is 39.9 Å². The summed E-state index contributed by atoms with van der Waals surface area (Å²) < 4.78 is 16.0. The molecule has 2 aliphatic heterocycles. The summed E-state index contributed by atoms with van der Waals surface area (Å²) in [5, 5.41) is 2.44. The lowest BCUT2D eigenvalue weighted by Crippen LogP contribution is -3.18. The third-order valence-corrected chi connectivity index (χ3v) is 11.1. The number of benzene rings is 2. The van der Waals surface area contributed by atoms with E-state index in [2.05, 4.69) is 58.7 Å². The SMILES string of the molecule is COCCN(CC1CCCN(C2Cc3ccccc3C2)C1)C(=O)OC(C)(C)C.COCC[NH2+]CC1CCC[NH+](C2Cc3ccccc3C2)C1. The molecule has 0 aromatic heterocycles. The lowest BCUT2D eigenvalue weighted by atomic mass is 9.95. The predicted molar refractivity (Wildman–Crippen MR) is 196 cm³/mol. The highest BCUT2D eigenvalue weighted by molar-refractivity contribution is 5.68. The molecule has 6 rings (SSSR count). The molecule has 3 atom stereocenters. The number of piperidine rings is 2. The average molecular weight is 679 g/mol. The smallest absolute Gasteiger partial charge is 0.410 e. The Labute approximate surface area is 296 Å². The Balaban J connectivity index is 0.000000199. The number of nitrogens with two attached hydrogens (primary N) is 1. The summed E-state index contributed by atoms with van der Waals surface area (Å²) in [6.07, 6.45) is 9.88. The lowest BCUT2D eigenvalue weighted by molar-refractivity contribution is -0.934. The second-order valence-corrected chi connectivity index (χ2v) is 16.1. The summed E-state index contributed by atoms with van der Waals surface area (Å²) in [6, 6.07) is 19.3. The van der Waals surface area contributed by atoms with E-state index >= 15 is 0 Å². The van der Waals surface area contributed by atoms with Gasteiger partial charge in [0.2, 0.25) is 0 Å². The fraction of sp³-hybridized carbons (Fsp3) is 0.683. The van der Waals surface area contributed by atoms with Gasteiger partial charge in [0.25, 0.3) is 0 Å². The van der Waals surface area contributed by atoms with Gasteiger partial charge in [-0.1, -0.05) is 48.5 Å². The first-order chi connectivity index (χ1) is 23.7. The van der Waals surface area contributed by atoms with Crippen LogP contribution in [-0.4, -0.2) is 113 Å². The Morgan fingerprint density at radius 1 is 0.878 bits per heavy atom. The number of ether oxygens (including phenoxy) is 3. The Bertz CT molecular complexity index is 1250. The molecule has 3 unspecified atom stereocenters. The van der Waals surface area contributed by atoms with E-state index in [1.165, 1.54) is 75.8 Å². The van der Waals surface area contributed by atoms with E-state index in [0.717, 1.165) is 51.0 Å². The van der Waals surface area contributed by atoms with Crippen molar-refractivity contribution in [2.45, 2.75) is 89.8 Å². The monoisotopic (exact) mass is 679 g/mol. The fourth-order valence-corrected chi connectivity index (χ4v) is 8.64. The number of quaternary nitrogens is 2. The van der Waals surface area contributed by atoms with E-state index < -0.39 is 5.60 Å². The zero-order valence-corrected chi connectivity index (χ0v) is 31.3. The summed E-state index contributed by atoms with van der Waals surface area (Å²) in [5.74, 6) is 1.39. The van der Waals surface area contributed by atoms with Crippen molar-refractivity contribution in [2.24, 2.45) is 11.8 Å². The number of amides is 1. The molecule has 2 heterocycles. The molecule has 49 heavy (non-hydrogen) atoms. The molecular formula is C41H66N4O4+2. The van der Waals surface area contributed by atoms with E-state index in [9.17, 15) is 4.79 Å². The molecule has 2 fully saturated rings. The number of rotatable bonds is 12. The van der Waals surface area contributed by atoms with Gasteiger partial charge in [-0.2, -0.15) is 0 Å². The number of likely N-dealkylation sites (tertiary alicyclic amines) is 2. The molecule has 2 saturated heterocycles. The number of carbonyl (C=O) groups is 1. The van der Waals surface area contributed by atoms with Gasteiger partial charge in [-0.05, 0) is 94.0 Å². The topological polar surface area (TPSA) is 72.3 Å². The highest BCUT2D eigenvalue weighted by Crippen LogP contribution is 2.29. The standard InChI is InChI=1S/C23H36N2O3.C18H28N2O/c1-23(2,3)28-22(26)25(12-13-27-4)17-18-8-7-11-24(16-18)21-14-19-9-5-6-10-20(19)15-21;1-21-10-8-19-13-15-5-4-9-20(14-15)18-11-16-6-2-3-7-17(16)12-18/h5-6,9-10,18,21H,7-8,11-17H2,1-4H3;2-3,6-7,15,18-19H,4-5,8-14H2,1H3/p+2. The van der Waals surface area contributed by atoms with E-state index in [0.29, 0.717) is 25.1 Å². The number of nitrogens with one attached hydrogen (secondary N) is 1. The lowest BCUT2D eigenvalue weighted by Gasteiger charge is -2.39. The normalized spacial score (nSPS) is 23.0. The number of carbonyl (C=O) groups excluding carboxylic acids is 1. The van der Waals surface area contributed by atoms with Gasteiger partial charge in [0.15, 0.2) is 0 Å². The van der Waals surface area contributed by atoms with Crippen LogP contribution in [0, 0.1) is 11.8 Å². The first kappa shape index (κ1) is 37.8. The van der Waals surface area contributed by atoms with Gasteiger partial charge in [-0.25, -0.2) is 4.79 Å². The maximum absolute atomic E-state index is 12.7. The number of nitrogens with zero attached hydrogens (tertiary/aromatic N) is 2. The van der Waals surface area contributed by atoms with Crippen molar-refractivity contribution in [1.82, 2.24) is 9.80 Å². The summed E-state index contributed by atoms with van der Waals surface area (Å²) >= 11 is 0. The van der Waals surface area contributed by atoms with Crippen LogP contribution in [0.1, 0.15) is 68.7 Å². The maximum Gasteiger partial charge on any atom is 0.410 e. The van der Waals surface area contributed by atoms with Gasteiger partial charge in [0.05, 0.1) is 51.4 Å². The molecule has 1 amide bonds. The average Bonchev–Trinajstić information content (AvgIpc) is 3.74. The van der Waals surface area contributed by atoms with Crippen LogP contribution in [0.15, 0.2) is 48.5 Å². The van der Waals surface area contributed by atoms with Crippen LogP contribution < -0.4 is 10.2 Å². The zero-order valence-electron chi connectivity index (χ0n) is 31.3. The molecule has 4 aliphatic rings. The second kappa shape index (κ2) is 18.7. The van der Waals surface area contributed by atoms with Crippen LogP contribution in [0.5, 0.6) is 0 Å². The zero-order chi connectivity index (χ0) is 34.6. The van der Waals surface area contributed by atoms with E-state index in [-0.39, 0.29) is 6.09 Å². The van der Waals surface area contributed by atoms with Crippen molar-refractivity contribution >= 4 is 6.09 Å². The Hall–Kier alpha value is -2.49. The number of fused-ring (bicyclic) bond motifs is 2. The van der Waals surface area contributed by atoms with Gasteiger partial charge in [0, 0.05) is 52.7 Å². The van der Waals surface area contributed by atoms with E-state index in [1.807, 2.05) is 30.6 Å². The minimum absolute atomic E-state index is 0.227. The highest BCUT2D eigenvalue weighted by atomic mass is 16.6. The first-order valence-corrected chi connectivity index (χ1v) is 19.2. The van der Waals surface area contributed by atoms with Crippen molar-refractivity contribution in [1.29, 1.82) is 0 Å². The van der Waals surface area contributed by atoms with Crippen molar-refractivity contribution in [3.8, 4) is 0 Å². The third-order valence-electron chi connectivity index (χ3n) is 11.1. The van der Waals surface area contributed by atoms with Gasteiger partial charge in [-0.3, -0.25) is 4.90 Å². The van der Waals surface area contributed by atoms with Crippen molar-refractivity contribution in [3.63, 3.8) is 0 Å². The van der Waals surface area contributed by atoms with Crippen LogP contribution in [0.4, 0.5) is 4.79 Å². The number of methoxy groups -OCH3 is 2. The molecule has 0 bridgehead atoms. The van der Waals surface area contributed by atoms with Crippen molar-refractivity contribution in [2.75, 3.05) is 79.8 Å². The number of hydrogen-bond acceptors (Lipinski definition) is 5. The summed E-state index contributed by atoms with van der Waals surface area (Å²) in [5.41, 5.74) is 5.74. The van der Waals surface area contributed by atoms with Crippen molar-refractivity contribution in [3.05, 3.63) is 70.8 Å². The third kappa shape index (κ3) is 11.5. The van der Waals surface area contributed by atoms with Gasteiger partial charge in [-0.15, -0.1) is 0 Å². The maximum atomic E-state index is 12.7. The molecule has 0 spiro atoms. The molecule has 2 aromatic rings. The Morgan fingerprint density at radius 3 is 2.10 bits per heavy atom. The summed E-state index contributed by atoms with van der Waals surface area (Å²) in [6.45, 7) is 15.9. The van der Waals surface area contributed by atoms with E-state index in [4.69, 9.17) is 14.2 Å². The molecule has 2 aliphatic carbocycles. The van der Waals surface area contributed by atoms with Crippen LogP contribution in [0.2, 0.25) is 0 Å². The van der Waals surface area contributed by atoms with E-state index in [1.54, 1.807) is 25.3 Å². The molecule has 0 saturated carbocycles. The van der Waals surface area contributed by atoms with Crippen LogP contribution in [0.3, 0.4) is 0 Å². The minimum atomic E-state index is -0.476. The molecule has 0 radical (unpaired) electrons. The first-order valence-electron chi connectivity index (χ1n) is 19.2. The quantitative estimate of drug-likeness (QED) is 0.337. The Morgan fingerprint density at radius 2 is 1.49 bits per heavy atom. The second-order valence-electron chi connectivity index (χ2n) is 16.1. The predicted octanol–water partition coefficient (Wildman–Crippen LogP) is 3.41. The summed E-state index contributed by atoms with van der Waals surface area (Å²) in [7, 11) is 3.46. The minimum Gasteiger partial charge on any atom is -0.444 e. The van der Waals surface area contributed by atoms with Gasteiger partial charge >= 0.3 is 6.09 Å². The van der Waals surface area contributed by atoms with Crippen LogP contribution in [0.25, 0.3) is 0 Å². The van der Waals surface area contributed by atoms with Crippen LogP contribution >= 0.6 is 0 Å². The van der Waals surface area contributed by atoms with Gasteiger partial charge < -0.3 is 29.3 Å². The highest BCUT2D eigenvalue weighted by Gasteiger charge is 2.35. The molecule has 8 nitrogen and oxygen atoms in total. The molecule has 8 heteroatoms. The molecule has 2 aromatic carbocycles. The number of hydrogen-bond donors (Lipinski definition) is 2. The summed E-state index contributed by atoms with van der Waals surface area (Å²) in [4.78, 5) is 19.0. The van der Waals surface area contributed by atoms with Crippen molar-refractivity contribution < 1.29 is 29.2 Å². The Kier molecular flexibility index (Phi) is 14.4. The fourth-order valence-electron chi connectivity index (χ4n) is 8.64. The largest absolute Gasteiger partial charge is 0.444 e.